The highest BCUT2D eigenvalue weighted by Crippen LogP contribution is 2.52. The van der Waals surface area contributed by atoms with Crippen molar-refractivity contribution in [2.45, 2.75) is 38.0 Å². The van der Waals surface area contributed by atoms with Gasteiger partial charge in [-0.2, -0.15) is 0 Å². The van der Waals surface area contributed by atoms with Crippen LogP contribution >= 0.6 is 34.7 Å². The van der Waals surface area contributed by atoms with E-state index < -0.39 is 34.7 Å². The Morgan fingerprint density at radius 2 is 0.864 bits per heavy atom. The highest BCUT2D eigenvalue weighted by Gasteiger charge is 2.39. The lowest BCUT2D eigenvalue weighted by molar-refractivity contribution is 0.445. The van der Waals surface area contributed by atoms with Crippen LogP contribution in [0.5, 0.6) is 0 Å². The third kappa shape index (κ3) is 5.79. The largest absolute Gasteiger partial charge is 0.308 e. The third-order valence-electron chi connectivity index (χ3n) is 12.9. The van der Waals surface area contributed by atoms with Gasteiger partial charge < -0.3 is 9.80 Å². The summed E-state index contributed by atoms with van der Waals surface area (Å²) in [5.74, 6) is 0.559. The summed E-state index contributed by atoms with van der Waals surface area (Å²) >= 11 is 26.3. The van der Waals surface area contributed by atoms with Gasteiger partial charge in [-0.05, 0) is 84.6 Å². The molecule has 1 aliphatic carbocycles. The zero-order valence-electron chi connectivity index (χ0n) is 31.9. The van der Waals surface area contributed by atoms with Crippen molar-refractivity contribution in [3.8, 4) is 0 Å². The number of hydrogen-bond acceptors (Lipinski definition) is 6. The van der Waals surface area contributed by atoms with Crippen LogP contribution in [0.25, 0.3) is 0 Å². The van der Waals surface area contributed by atoms with Gasteiger partial charge in [-0.25, -0.2) is 0 Å². The molecule has 1 saturated carbocycles. The molecule has 1 fully saturated rings. The zero-order chi connectivity index (χ0) is 39.5. The molecule has 7 aromatic carbocycles. The number of anilines is 6. The molecule has 5 atom stereocenters. The van der Waals surface area contributed by atoms with Crippen LogP contribution in [0.15, 0.2) is 146 Å². The first-order valence-corrected chi connectivity index (χ1v) is 32.3. The fourth-order valence-corrected chi connectivity index (χ4v) is 24.1. The fourth-order valence-electron chi connectivity index (χ4n) is 10.3. The number of fused-ring (bicyclic) bond motifs is 8. The summed E-state index contributed by atoms with van der Waals surface area (Å²) < 4.78 is 0. The van der Waals surface area contributed by atoms with Crippen LogP contribution in [0, 0.1) is 0 Å². The molecule has 4 heterocycles. The number of hydrogen-bond donors (Lipinski definition) is 0. The third-order valence-corrected chi connectivity index (χ3v) is 27.8. The van der Waals surface area contributed by atoms with E-state index >= 15 is 0 Å². The van der Waals surface area contributed by atoms with E-state index in [1.54, 1.807) is 0 Å². The second-order valence-electron chi connectivity index (χ2n) is 16.1. The first-order valence-electron chi connectivity index (χ1n) is 20.4. The van der Waals surface area contributed by atoms with Gasteiger partial charge in [0, 0.05) is 69.2 Å². The maximum Gasteiger partial charge on any atom is 0.0633 e. The normalized spacial score (nSPS) is 21.3. The molecule has 5 unspecified atom stereocenters. The van der Waals surface area contributed by atoms with Gasteiger partial charge in [-0.15, -0.1) is 0 Å². The molecule has 11 heteroatoms. The quantitative estimate of drug-likeness (QED) is 0.163. The average Bonchev–Trinajstić information content (AvgIpc) is 3.29. The molecular weight excluding hydrogens is 888 g/mol. The highest BCUT2D eigenvalue weighted by molar-refractivity contribution is 8.14. The Morgan fingerprint density at radius 3 is 1.46 bits per heavy atom. The maximum absolute atomic E-state index is 6.69. The van der Waals surface area contributed by atoms with Gasteiger partial charge in [0.2, 0.25) is 0 Å². The van der Waals surface area contributed by atoms with E-state index in [0.29, 0.717) is 5.92 Å². The molecule has 59 heavy (non-hydrogen) atoms. The van der Waals surface area contributed by atoms with Crippen molar-refractivity contribution in [1.82, 2.24) is 0 Å². The van der Waals surface area contributed by atoms with Crippen molar-refractivity contribution < 1.29 is 0 Å². The van der Waals surface area contributed by atoms with E-state index in [1.165, 1.54) is 130 Å². The molecule has 12 rings (SSSR count). The molecule has 0 radical (unpaired) electrons. The molecule has 2 nitrogen and oxygen atoms in total. The molecule has 5 aliphatic rings. The minimum atomic E-state index is -1.52. The molecule has 0 saturated heterocycles. The Bertz CT molecular complexity index is 2970. The Morgan fingerprint density at radius 1 is 0.407 bits per heavy atom. The average molecular weight is 927 g/mol. The van der Waals surface area contributed by atoms with Gasteiger partial charge in [0.1, 0.15) is 0 Å². The van der Waals surface area contributed by atoms with Crippen molar-refractivity contribution >= 4 is 174 Å². The SMILES string of the molecule is S=[PH]1c2ccccc2N2c3cc(P(c4cc5c6c(c4)[PH](=S)c4ccccc4N6c4ccccc4[PH]5=S)c4ccccc4C4CCCCC4)ccc3[PH](=S)c3cccc1c32. The van der Waals surface area contributed by atoms with Crippen molar-refractivity contribution in [2.75, 3.05) is 9.80 Å². The Kier molecular flexibility index (Phi) is 9.58. The lowest BCUT2D eigenvalue weighted by atomic mass is 9.84. The van der Waals surface area contributed by atoms with Crippen molar-refractivity contribution in [1.29, 1.82) is 0 Å². The molecule has 4 aliphatic heterocycles. The summed E-state index contributed by atoms with van der Waals surface area (Å²) in [4.78, 5) is 5.04. The van der Waals surface area contributed by atoms with Crippen LogP contribution in [-0.4, -0.2) is 0 Å². The van der Waals surface area contributed by atoms with Gasteiger partial charge in [-0.1, -0.05) is 176 Å². The molecule has 7 aromatic rings. The summed E-state index contributed by atoms with van der Waals surface area (Å²) in [5, 5.41) is 14.6. The topological polar surface area (TPSA) is 6.48 Å². The highest BCUT2D eigenvalue weighted by atomic mass is 32.4. The summed E-state index contributed by atoms with van der Waals surface area (Å²) in [5.41, 5.74) is 8.97. The van der Waals surface area contributed by atoms with Crippen LogP contribution in [0.4, 0.5) is 34.1 Å². The van der Waals surface area contributed by atoms with Crippen LogP contribution in [-0.2, 0) is 47.2 Å². The predicted molar refractivity (Wildman–Crippen MR) is 280 cm³/mol. The van der Waals surface area contributed by atoms with Crippen molar-refractivity contribution in [3.63, 3.8) is 0 Å². The number of nitrogens with zero attached hydrogens (tertiary/aromatic N) is 2. The standard InChI is InChI=1S/C48H39N2P5S4/c56-52-39-20-9-7-18-36(39)50-37-27-31(25-26-42(37)53(57)44-24-12-23-43(52)47(44)50)51(38-19-8-4-15-33(38)30-13-2-1-3-14-30)32-28-45-48-46(29-32)55(59)41-22-11-6-17-35(41)49(48)34-16-5-10-21-40(34)54(45)58/h4-12,15-30,52-55H,1-3,13-14H2. The zero-order valence-corrected chi connectivity index (χ0v) is 40.1. The first-order chi connectivity index (χ1) is 29.0. The van der Waals surface area contributed by atoms with Gasteiger partial charge in [0.15, 0.2) is 0 Å². The lowest BCUT2D eigenvalue weighted by Gasteiger charge is -2.41. The number of para-hydroxylation sites is 4. The molecule has 0 spiro atoms. The minimum absolute atomic E-state index is 0.559. The number of benzene rings is 7. The van der Waals surface area contributed by atoms with Crippen LogP contribution in [0.2, 0.25) is 0 Å². The molecule has 0 bridgehead atoms. The molecule has 0 aromatic heterocycles. The molecule has 290 valence electrons. The Hall–Kier alpha value is -2.83. The lowest BCUT2D eigenvalue weighted by Crippen LogP contribution is -2.41. The van der Waals surface area contributed by atoms with Gasteiger partial charge in [0.25, 0.3) is 0 Å². The van der Waals surface area contributed by atoms with Gasteiger partial charge >= 0.3 is 0 Å². The summed E-state index contributed by atoms with van der Waals surface area (Å²) in [7, 11) is -1.02. The van der Waals surface area contributed by atoms with E-state index in [2.05, 4.69) is 155 Å². The van der Waals surface area contributed by atoms with Crippen LogP contribution in [0.3, 0.4) is 0 Å². The summed E-state index contributed by atoms with van der Waals surface area (Å²) in [6, 6.07) is 55.2. The Labute approximate surface area is 370 Å². The second kappa shape index (κ2) is 14.9. The van der Waals surface area contributed by atoms with E-state index in [4.69, 9.17) is 47.2 Å². The fraction of sp³-hybridized carbons (Fsp3) is 0.125. The summed E-state index contributed by atoms with van der Waals surface area (Å²) in [6.45, 7) is -5.85. The Balaban J connectivity index is 1.12. The van der Waals surface area contributed by atoms with E-state index in [1.807, 2.05) is 0 Å². The first kappa shape index (κ1) is 37.9. The molecule has 0 amide bonds. The van der Waals surface area contributed by atoms with E-state index in [0.717, 1.165) is 0 Å². The van der Waals surface area contributed by atoms with Gasteiger partial charge in [0.05, 0.1) is 34.1 Å². The molecular formula is C48H39N2P5S4. The number of rotatable bonds is 4. The summed E-state index contributed by atoms with van der Waals surface area (Å²) in [6.07, 6.45) is 6.42. The smallest absolute Gasteiger partial charge is 0.0633 e. The molecule has 0 N–H and O–H groups in total. The monoisotopic (exact) mass is 926 g/mol. The van der Waals surface area contributed by atoms with E-state index in [9.17, 15) is 0 Å². The van der Waals surface area contributed by atoms with Crippen LogP contribution < -0.4 is 68.1 Å². The minimum Gasteiger partial charge on any atom is -0.308 e. The maximum atomic E-state index is 6.69. The van der Waals surface area contributed by atoms with E-state index in [-0.39, 0.29) is 0 Å². The van der Waals surface area contributed by atoms with Gasteiger partial charge in [-0.3, -0.25) is 0 Å². The van der Waals surface area contributed by atoms with Crippen molar-refractivity contribution in [2.24, 2.45) is 0 Å². The second-order valence-corrected chi connectivity index (χ2v) is 30.1. The van der Waals surface area contributed by atoms with Crippen LogP contribution in [0.1, 0.15) is 43.6 Å². The van der Waals surface area contributed by atoms with Crippen molar-refractivity contribution in [3.05, 3.63) is 151 Å². The predicted octanol–water partition coefficient (Wildman–Crippen LogP) is 8.19.